The summed E-state index contributed by atoms with van der Waals surface area (Å²) in [6, 6.07) is 17.1. The van der Waals surface area contributed by atoms with Gasteiger partial charge in [0.25, 0.3) is 5.91 Å². The van der Waals surface area contributed by atoms with Gasteiger partial charge in [-0.1, -0.05) is 30.3 Å². The number of carbonyl (C=O) groups excluding carboxylic acids is 2. The van der Waals surface area contributed by atoms with Crippen LogP contribution in [0.5, 0.6) is 11.5 Å². The summed E-state index contributed by atoms with van der Waals surface area (Å²) < 4.78 is 10.7. The van der Waals surface area contributed by atoms with Gasteiger partial charge in [0.15, 0.2) is 6.61 Å². The number of aryl methyl sites for hydroxylation is 1. The monoisotopic (exact) mass is 396 g/mol. The summed E-state index contributed by atoms with van der Waals surface area (Å²) in [5, 5.41) is 0. The molecule has 0 radical (unpaired) electrons. The van der Waals surface area contributed by atoms with E-state index in [1.165, 1.54) is 0 Å². The molecule has 1 fully saturated rings. The summed E-state index contributed by atoms with van der Waals surface area (Å²) in [4.78, 5) is 28.7. The van der Waals surface area contributed by atoms with Crippen LogP contribution < -0.4 is 9.47 Å². The van der Waals surface area contributed by atoms with Crippen LogP contribution in [-0.2, 0) is 16.0 Å². The van der Waals surface area contributed by atoms with E-state index in [0.29, 0.717) is 44.8 Å². The number of nitrogens with zero attached hydrogens (tertiary/aromatic N) is 2. The Kier molecular flexibility index (Phi) is 7.50. The maximum atomic E-state index is 12.6. The molecule has 1 saturated heterocycles. The average Bonchev–Trinajstić information content (AvgIpc) is 3.03. The Morgan fingerprint density at radius 2 is 1.48 bits per heavy atom. The van der Waals surface area contributed by atoms with Crippen LogP contribution >= 0.6 is 0 Å². The van der Waals surface area contributed by atoms with Crippen molar-refractivity contribution in [3.63, 3.8) is 0 Å². The predicted molar refractivity (Wildman–Crippen MR) is 111 cm³/mol. The molecule has 0 unspecified atom stereocenters. The van der Waals surface area contributed by atoms with Crippen LogP contribution in [0.3, 0.4) is 0 Å². The van der Waals surface area contributed by atoms with E-state index in [-0.39, 0.29) is 18.4 Å². The molecule has 0 N–H and O–H groups in total. The lowest BCUT2D eigenvalue weighted by atomic mass is 10.1. The first-order valence-corrected chi connectivity index (χ1v) is 10.0. The first kappa shape index (κ1) is 20.7. The SMILES string of the molecule is COc1ccc(CCC(=O)N2CCCN(C(=O)COc3ccccc3)CC2)cc1. The number of methoxy groups -OCH3 is 1. The molecule has 0 aromatic heterocycles. The molecule has 0 saturated carbocycles. The van der Waals surface area contributed by atoms with Gasteiger partial charge >= 0.3 is 0 Å². The first-order chi connectivity index (χ1) is 14.2. The molecule has 1 heterocycles. The molecule has 0 atom stereocenters. The van der Waals surface area contributed by atoms with Crippen LogP contribution in [0, 0.1) is 0 Å². The minimum Gasteiger partial charge on any atom is -0.497 e. The zero-order valence-corrected chi connectivity index (χ0v) is 16.9. The van der Waals surface area contributed by atoms with Crippen molar-refractivity contribution >= 4 is 11.8 Å². The summed E-state index contributed by atoms with van der Waals surface area (Å²) in [5.41, 5.74) is 1.11. The summed E-state index contributed by atoms with van der Waals surface area (Å²) in [5.74, 6) is 1.59. The van der Waals surface area contributed by atoms with Crippen molar-refractivity contribution < 1.29 is 19.1 Å². The topological polar surface area (TPSA) is 59.1 Å². The number of ether oxygens (including phenoxy) is 2. The zero-order valence-electron chi connectivity index (χ0n) is 16.9. The van der Waals surface area contributed by atoms with E-state index >= 15 is 0 Å². The van der Waals surface area contributed by atoms with E-state index < -0.39 is 0 Å². The van der Waals surface area contributed by atoms with Crippen molar-refractivity contribution in [1.29, 1.82) is 0 Å². The fourth-order valence-electron chi connectivity index (χ4n) is 3.37. The van der Waals surface area contributed by atoms with Crippen molar-refractivity contribution in [3.8, 4) is 11.5 Å². The highest BCUT2D eigenvalue weighted by Crippen LogP contribution is 2.14. The molecular weight excluding hydrogens is 368 g/mol. The molecule has 6 heteroatoms. The molecule has 0 spiro atoms. The van der Waals surface area contributed by atoms with Crippen LogP contribution in [0.4, 0.5) is 0 Å². The number of hydrogen-bond acceptors (Lipinski definition) is 4. The minimum absolute atomic E-state index is 0.0232. The fourth-order valence-corrected chi connectivity index (χ4v) is 3.37. The highest BCUT2D eigenvalue weighted by molar-refractivity contribution is 5.79. The van der Waals surface area contributed by atoms with Crippen LogP contribution in [0.1, 0.15) is 18.4 Å². The number of amides is 2. The standard InChI is InChI=1S/C23H28N2O4/c1-28-20-11-8-19(9-12-20)10-13-22(26)24-14-5-15-25(17-16-24)23(27)18-29-21-6-3-2-4-7-21/h2-4,6-9,11-12H,5,10,13-18H2,1H3. The third-order valence-electron chi connectivity index (χ3n) is 5.09. The Bertz CT molecular complexity index is 792. The van der Waals surface area contributed by atoms with Gasteiger partial charge in [-0.15, -0.1) is 0 Å². The van der Waals surface area contributed by atoms with Gasteiger partial charge in [-0.2, -0.15) is 0 Å². The third-order valence-corrected chi connectivity index (χ3v) is 5.09. The van der Waals surface area contributed by atoms with E-state index in [9.17, 15) is 9.59 Å². The Hall–Kier alpha value is -3.02. The predicted octanol–water partition coefficient (Wildman–Crippen LogP) is 2.77. The van der Waals surface area contributed by atoms with Crippen molar-refractivity contribution in [3.05, 3.63) is 60.2 Å². The second-order valence-corrected chi connectivity index (χ2v) is 7.06. The number of benzene rings is 2. The summed E-state index contributed by atoms with van der Waals surface area (Å²) in [6.45, 7) is 2.48. The Labute approximate surface area is 172 Å². The first-order valence-electron chi connectivity index (χ1n) is 10.0. The van der Waals surface area contributed by atoms with E-state index in [0.717, 1.165) is 17.7 Å². The number of hydrogen-bond donors (Lipinski definition) is 0. The van der Waals surface area contributed by atoms with Crippen LogP contribution in [0.15, 0.2) is 54.6 Å². The van der Waals surface area contributed by atoms with Crippen LogP contribution in [-0.4, -0.2) is 61.5 Å². The smallest absolute Gasteiger partial charge is 0.260 e. The summed E-state index contributed by atoms with van der Waals surface area (Å²) in [6.07, 6.45) is 1.95. The molecule has 0 aliphatic carbocycles. The van der Waals surface area contributed by atoms with Crippen molar-refractivity contribution in [2.45, 2.75) is 19.3 Å². The van der Waals surface area contributed by atoms with Gasteiger partial charge in [-0.3, -0.25) is 9.59 Å². The quantitative estimate of drug-likeness (QED) is 0.722. The van der Waals surface area contributed by atoms with E-state index in [1.807, 2.05) is 59.5 Å². The Morgan fingerprint density at radius 1 is 0.828 bits per heavy atom. The molecule has 2 aromatic rings. The molecule has 0 bridgehead atoms. The molecule has 6 nitrogen and oxygen atoms in total. The molecule has 3 rings (SSSR count). The van der Waals surface area contributed by atoms with E-state index in [2.05, 4.69) is 0 Å². The van der Waals surface area contributed by atoms with Crippen molar-refractivity contribution in [2.24, 2.45) is 0 Å². The zero-order chi connectivity index (χ0) is 20.5. The van der Waals surface area contributed by atoms with E-state index in [4.69, 9.17) is 9.47 Å². The van der Waals surface area contributed by atoms with Gasteiger partial charge in [0, 0.05) is 32.6 Å². The largest absolute Gasteiger partial charge is 0.497 e. The third kappa shape index (κ3) is 6.24. The van der Waals surface area contributed by atoms with Gasteiger partial charge in [0.05, 0.1) is 7.11 Å². The minimum atomic E-state index is -0.0404. The van der Waals surface area contributed by atoms with Crippen molar-refractivity contribution in [2.75, 3.05) is 39.9 Å². The summed E-state index contributed by atoms with van der Waals surface area (Å²) in [7, 11) is 1.64. The number of para-hydroxylation sites is 1. The molecule has 2 amide bonds. The normalized spacial score (nSPS) is 14.2. The maximum Gasteiger partial charge on any atom is 0.260 e. The van der Waals surface area contributed by atoms with Gasteiger partial charge in [0.1, 0.15) is 11.5 Å². The van der Waals surface area contributed by atoms with Gasteiger partial charge < -0.3 is 19.3 Å². The lowest BCUT2D eigenvalue weighted by molar-refractivity contribution is -0.134. The fraction of sp³-hybridized carbons (Fsp3) is 0.391. The maximum absolute atomic E-state index is 12.6. The molecule has 2 aromatic carbocycles. The Morgan fingerprint density at radius 3 is 2.14 bits per heavy atom. The van der Waals surface area contributed by atoms with Gasteiger partial charge in [-0.25, -0.2) is 0 Å². The highest BCUT2D eigenvalue weighted by atomic mass is 16.5. The lowest BCUT2D eigenvalue weighted by Crippen LogP contribution is -2.39. The second-order valence-electron chi connectivity index (χ2n) is 7.06. The van der Waals surface area contributed by atoms with Gasteiger partial charge in [-0.05, 0) is 42.7 Å². The highest BCUT2D eigenvalue weighted by Gasteiger charge is 2.22. The van der Waals surface area contributed by atoms with Gasteiger partial charge in [0.2, 0.25) is 5.91 Å². The average molecular weight is 396 g/mol. The lowest BCUT2D eigenvalue weighted by Gasteiger charge is -2.22. The number of carbonyl (C=O) groups is 2. The van der Waals surface area contributed by atoms with E-state index in [1.54, 1.807) is 12.0 Å². The number of rotatable bonds is 7. The molecule has 154 valence electrons. The molecular formula is C23H28N2O4. The second kappa shape index (κ2) is 10.5. The summed E-state index contributed by atoms with van der Waals surface area (Å²) >= 11 is 0. The Balaban J connectivity index is 1.43. The van der Waals surface area contributed by atoms with Crippen LogP contribution in [0.25, 0.3) is 0 Å². The molecule has 1 aliphatic heterocycles. The molecule has 1 aliphatic rings. The molecule has 29 heavy (non-hydrogen) atoms. The van der Waals surface area contributed by atoms with Crippen molar-refractivity contribution in [1.82, 2.24) is 9.80 Å². The van der Waals surface area contributed by atoms with Crippen LogP contribution in [0.2, 0.25) is 0 Å².